The number of ketones is 1. The molecule has 1 aliphatic carbocycles. The van der Waals surface area contributed by atoms with Gasteiger partial charge in [0.2, 0.25) is 5.60 Å². The molecular formula is C22H19F2NO3. The summed E-state index contributed by atoms with van der Waals surface area (Å²) >= 11 is 0. The van der Waals surface area contributed by atoms with Crippen LogP contribution in [0.3, 0.4) is 0 Å². The highest BCUT2D eigenvalue weighted by atomic mass is 19.1. The van der Waals surface area contributed by atoms with Crippen LogP contribution in [0.25, 0.3) is 6.08 Å². The number of carbonyl (C=O) groups is 2. The van der Waals surface area contributed by atoms with Crippen LogP contribution in [0.15, 0.2) is 42.5 Å². The molecule has 2 aromatic carbocycles. The molecule has 0 spiro atoms. The maximum absolute atomic E-state index is 13.3. The van der Waals surface area contributed by atoms with Gasteiger partial charge in [-0.25, -0.2) is 8.78 Å². The van der Waals surface area contributed by atoms with Crippen molar-refractivity contribution in [3.8, 4) is 0 Å². The van der Waals surface area contributed by atoms with Gasteiger partial charge in [0.15, 0.2) is 5.78 Å². The van der Waals surface area contributed by atoms with E-state index >= 15 is 0 Å². The second-order valence-corrected chi connectivity index (χ2v) is 7.26. The van der Waals surface area contributed by atoms with E-state index in [1.54, 1.807) is 0 Å². The monoisotopic (exact) mass is 383 g/mol. The zero-order chi connectivity index (χ0) is 19.9. The van der Waals surface area contributed by atoms with Gasteiger partial charge in [-0.2, -0.15) is 0 Å². The number of hydrogen-bond acceptors (Lipinski definition) is 3. The minimum atomic E-state index is -2.10. The van der Waals surface area contributed by atoms with Crippen molar-refractivity contribution in [2.75, 3.05) is 11.4 Å². The Labute approximate surface area is 161 Å². The fraction of sp³-hybridized carbons (Fsp3) is 0.273. The number of anilines is 1. The van der Waals surface area contributed by atoms with E-state index in [1.807, 2.05) is 30.4 Å². The summed E-state index contributed by atoms with van der Waals surface area (Å²) in [6.45, 7) is 0.234. The minimum Gasteiger partial charge on any atom is -0.373 e. The lowest BCUT2D eigenvalue weighted by molar-refractivity contribution is -0.147. The first-order chi connectivity index (χ1) is 13.4. The molecular weight excluding hydrogens is 364 g/mol. The van der Waals surface area contributed by atoms with Crippen LogP contribution in [0.2, 0.25) is 0 Å². The maximum Gasteiger partial charge on any atom is 0.266 e. The lowest BCUT2D eigenvalue weighted by Crippen LogP contribution is -2.47. The summed E-state index contributed by atoms with van der Waals surface area (Å²) < 4.78 is 26.6. The van der Waals surface area contributed by atoms with Crippen LogP contribution in [0.4, 0.5) is 14.5 Å². The van der Waals surface area contributed by atoms with Crippen LogP contribution < -0.4 is 4.90 Å². The van der Waals surface area contributed by atoms with Gasteiger partial charge in [-0.1, -0.05) is 18.2 Å². The predicted octanol–water partition coefficient (Wildman–Crippen LogP) is 3.20. The van der Waals surface area contributed by atoms with E-state index in [4.69, 9.17) is 0 Å². The van der Waals surface area contributed by atoms with Crippen LogP contribution >= 0.6 is 0 Å². The zero-order valence-electron chi connectivity index (χ0n) is 15.1. The van der Waals surface area contributed by atoms with Crippen LogP contribution in [-0.4, -0.2) is 28.9 Å². The van der Waals surface area contributed by atoms with E-state index in [0.29, 0.717) is 11.3 Å². The summed E-state index contributed by atoms with van der Waals surface area (Å²) in [4.78, 5) is 26.8. The van der Waals surface area contributed by atoms with E-state index in [0.717, 1.165) is 30.2 Å². The molecule has 1 amide bonds. The molecule has 144 valence electrons. The molecule has 1 atom stereocenters. The van der Waals surface area contributed by atoms with Gasteiger partial charge in [0.25, 0.3) is 5.91 Å². The van der Waals surface area contributed by atoms with E-state index in [-0.39, 0.29) is 25.8 Å². The molecule has 6 heteroatoms. The predicted molar refractivity (Wildman–Crippen MR) is 101 cm³/mol. The van der Waals surface area contributed by atoms with Crippen molar-refractivity contribution in [3.63, 3.8) is 0 Å². The smallest absolute Gasteiger partial charge is 0.266 e. The molecule has 2 aliphatic rings. The SMILES string of the molecule is O=C(CCc1cc(F)cc(F)c1)[C@@]1(O)CCN(c2ccc3c(c2)C=CC3)C1=O. The Morgan fingerprint density at radius 1 is 1.14 bits per heavy atom. The molecule has 0 saturated carbocycles. The molecule has 1 heterocycles. The number of aryl methyl sites for hydroxylation is 1. The lowest BCUT2D eigenvalue weighted by atomic mass is 9.92. The largest absolute Gasteiger partial charge is 0.373 e. The van der Waals surface area contributed by atoms with Gasteiger partial charge < -0.3 is 10.0 Å². The third-order valence-corrected chi connectivity index (χ3v) is 5.40. The molecule has 0 bridgehead atoms. The minimum absolute atomic E-state index is 0.00486. The van der Waals surface area contributed by atoms with Gasteiger partial charge in [-0.3, -0.25) is 9.59 Å². The zero-order valence-corrected chi connectivity index (χ0v) is 15.1. The van der Waals surface area contributed by atoms with Crippen molar-refractivity contribution in [1.82, 2.24) is 0 Å². The lowest BCUT2D eigenvalue weighted by Gasteiger charge is -2.22. The number of hydrogen-bond donors (Lipinski definition) is 1. The molecule has 1 aliphatic heterocycles. The topological polar surface area (TPSA) is 57.6 Å². The Morgan fingerprint density at radius 3 is 2.64 bits per heavy atom. The number of rotatable bonds is 5. The Balaban J connectivity index is 1.48. The number of fused-ring (bicyclic) bond motifs is 1. The fourth-order valence-electron chi connectivity index (χ4n) is 3.83. The van der Waals surface area contributed by atoms with Crippen molar-refractivity contribution < 1.29 is 23.5 Å². The summed E-state index contributed by atoms with van der Waals surface area (Å²) in [6.07, 6.45) is 4.74. The second-order valence-electron chi connectivity index (χ2n) is 7.26. The van der Waals surface area contributed by atoms with Crippen molar-refractivity contribution in [1.29, 1.82) is 0 Å². The van der Waals surface area contributed by atoms with Gasteiger partial charge >= 0.3 is 0 Å². The van der Waals surface area contributed by atoms with Gasteiger partial charge in [-0.05, 0) is 53.8 Å². The van der Waals surface area contributed by atoms with Crippen molar-refractivity contribution in [2.45, 2.75) is 31.3 Å². The Morgan fingerprint density at radius 2 is 1.89 bits per heavy atom. The van der Waals surface area contributed by atoms with Crippen LogP contribution in [0.5, 0.6) is 0 Å². The van der Waals surface area contributed by atoms with E-state index in [2.05, 4.69) is 0 Å². The molecule has 28 heavy (non-hydrogen) atoms. The average molecular weight is 383 g/mol. The van der Waals surface area contributed by atoms with E-state index in [1.165, 1.54) is 10.5 Å². The summed E-state index contributed by atoms with van der Waals surface area (Å²) in [5, 5.41) is 10.7. The van der Waals surface area contributed by atoms with Crippen molar-refractivity contribution in [3.05, 3.63) is 70.8 Å². The fourth-order valence-corrected chi connectivity index (χ4v) is 3.83. The Bertz CT molecular complexity index is 981. The van der Waals surface area contributed by atoms with Crippen LogP contribution in [0, 0.1) is 11.6 Å². The first-order valence-corrected chi connectivity index (χ1v) is 9.19. The third kappa shape index (κ3) is 3.24. The molecule has 4 nitrogen and oxygen atoms in total. The standard InChI is InChI=1S/C22H19F2NO3/c23-17-10-14(11-18(24)13-17)4-7-20(26)22(28)8-9-25(21(22)27)19-6-5-15-2-1-3-16(15)12-19/h1,3,5-6,10-13,28H,2,4,7-9H2/t22-/m0/s1. The van der Waals surface area contributed by atoms with Gasteiger partial charge in [0.1, 0.15) is 11.6 Å². The molecule has 1 N–H and O–H groups in total. The summed E-state index contributed by atoms with van der Waals surface area (Å²) in [5.74, 6) is -2.74. The number of carbonyl (C=O) groups excluding carboxylic acids is 2. The van der Waals surface area contributed by atoms with Gasteiger partial charge in [0.05, 0.1) is 0 Å². The van der Waals surface area contributed by atoms with Gasteiger partial charge in [0, 0.05) is 31.1 Å². The summed E-state index contributed by atoms with van der Waals surface area (Å²) in [7, 11) is 0. The number of allylic oxidation sites excluding steroid dienone is 1. The second kappa shape index (κ2) is 6.95. The number of nitrogens with zero attached hydrogens (tertiary/aromatic N) is 1. The third-order valence-electron chi connectivity index (χ3n) is 5.40. The maximum atomic E-state index is 13.3. The van der Waals surface area contributed by atoms with Crippen molar-refractivity contribution >= 4 is 23.5 Å². The Kier molecular flexibility index (Phi) is 4.59. The molecule has 0 radical (unpaired) electrons. The first-order valence-electron chi connectivity index (χ1n) is 9.19. The molecule has 4 rings (SSSR count). The number of amides is 1. The number of halogens is 2. The average Bonchev–Trinajstić information content (AvgIpc) is 3.24. The number of benzene rings is 2. The molecule has 0 aromatic heterocycles. The summed E-state index contributed by atoms with van der Waals surface area (Å²) in [6, 6.07) is 8.67. The number of aliphatic hydroxyl groups is 1. The Hall–Kier alpha value is -2.86. The molecule has 1 fully saturated rings. The molecule has 1 saturated heterocycles. The highest BCUT2D eigenvalue weighted by molar-refractivity contribution is 6.17. The summed E-state index contributed by atoms with van der Waals surface area (Å²) in [5.41, 5.74) is 1.05. The van der Waals surface area contributed by atoms with Crippen LogP contribution in [0.1, 0.15) is 29.5 Å². The highest BCUT2D eigenvalue weighted by Crippen LogP contribution is 2.32. The first kappa shape index (κ1) is 18.5. The quantitative estimate of drug-likeness (QED) is 0.807. The van der Waals surface area contributed by atoms with Gasteiger partial charge in [-0.15, -0.1) is 0 Å². The number of Topliss-reactive ketones (excluding diaryl/α,β-unsaturated/α-hetero) is 1. The molecule has 2 aromatic rings. The highest BCUT2D eigenvalue weighted by Gasteiger charge is 2.50. The normalized spacial score (nSPS) is 20.7. The van der Waals surface area contributed by atoms with Crippen LogP contribution in [-0.2, 0) is 22.4 Å². The van der Waals surface area contributed by atoms with E-state index < -0.39 is 28.9 Å². The molecule has 0 unspecified atom stereocenters. The van der Waals surface area contributed by atoms with Crippen molar-refractivity contribution in [2.24, 2.45) is 0 Å². The van der Waals surface area contributed by atoms with E-state index in [9.17, 15) is 23.5 Å².